The predicted molar refractivity (Wildman–Crippen MR) is 73.1 cm³/mol. The minimum absolute atomic E-state index is 0.283. The van der Waals surface area contributed by atoms with Crippen LogP contribution < -0.4 is 10.0 Å². The molecule has 5 heteroatoms. The van der Waals surface area contributed by atoms with E-state index in [-0.39, 0.29) is 5.41 Å². The third-order valence-electron chi connectivity index (χ3n) is 3.68. The smallest absolute Gasteiger partial charge is 0.242 e. The number of sulfonamides is 1. The number of anilines is 1. The molecule has 2 rings (SSSR count). The molecule has 0 saturated heterocycles. The SMILES string of the molecule is CNc1ccccc1S(=O)(=O)NCC1CC1(C)C. The summed E-state index contributed by atoms with van der Waals surface area (Å²) in [5.41, 5.74) is 0.908. The molecule has 1 fully saturated rings. The average molecular weight is 268 g/mol. The first-order valence-electron chi connectivity index (χ1n) is 6.13. The van der Waals surface area contributed by atoms with Crippen LogP contribution in [-0.4, -0.2) is 22.0 Å². The lowest BCUT2D eigenvalue weighted by atomic mass is 10.1. The van der Waals surface area contributed by atoms with Crippen molar-refractivity contribution in [1.29, 1.82) is 0 Å². The second-order valence-corrected chi connectivity index (χ2v) is 7.22. The van der Waals surface area contributed by atoms with Gasteiger partial charge in [-0.25, -0.2) is 13.1 Å². The fraction of sp³-hybridized carbons (Fsp3) is 0.538. The summed E-state index contributed by atoms with van der Waals surface area (Å²) in [6, 6.07) is 6.92. The highest BCUT2D eigenvalue weighted by Gasteiger charge is 2.45. The second-order valence-electron chi connectivity index (χ2n) is 5.49. The van der Waals surface area contributed by atoms with Crippen LogP contribution in [0.5, 0.6) is 0 Å². The average Bonchev–Trinajstić information content (AvgIpc) is 2.95. The van der Waals surface area contributed by atoms with Gasteiger partial charge in [0.05, 0.1) is 5.69 Å². The number of benzene rings is 1. The summed E-state index contributed by atoms with van der Waals surface area (Å²) in [7, 11) is -1.70. The lowest BCUT2D eigenvalue weighted by Crippen LogP contribution is -2.27. The molecule has 4 nitrogen and oxygen atoms in total. The van der Waals surface area contributed by atoms with Gasteiger partial charge in [-0.2, -0.15) is 0 Å². The van der Waals surface area contributed by atoms with Gasteiger partial charge in [-0.05, 0) is 29.9 Å². The van der Waals surface area contributed by atoms with Gasteiger partial charge in [-0.15, -0.1) is 0 Å². The zero-order chi connectivity index (χ0) is 13.4. The summed E-state index contributed by atoms with van der Waals surface area (Å²) < 4.78 is 27.1. The summed E-state index contributed by atoms with van der Waals surface area (Å²) in [6.07, 6.45) is 1.09. The van der Waals surface area contributed by atoms with E-state index in [9.17, 15) is 8.42 Å². The zero-order valence-corrected chi connectivity index (χ0v) is 11.8. The highest BCUT2D eigenvalue weighted by Crippen LogP contribution is 2.51. The molecule has 1 aliphatic carbocycles. The molecule has 1 aromatic carbocycles. The highest BCUT2D eigenvalue weighted by molar-refractivity contribution is 7.89. The summed E-state index contributed by atoms with van der Waals surface area (Å²) in [4.78, 5) is 0.311. The third-order valence-corrected chi connectivity index (χ3v) is 5.16. The maximum atomic E-state index is 12.2. The van der Waals surface area contributed by atoms with Gasteiger partial charge in [0.25, 0.3) is 0 Å². The Morgan fingerprint density at radius 3 is 2.50 bits per heavy atom. The topological polar surface area (TPSA) is 58.2 Å². The van der Waals surface area contributed by atoms with E-state index in [4.69, 9.17) is 0 Å². The minimum atomic E-state index is -3.42. The molecular weight excluding hydrogens is 248 g/mol. The monoisotopic (exact) mass is 268 g/mol. The summed E-state index contributed by atoms with van der Waals surface area (Å²) in [5.74, 6) is 0.453. The van der Waals surface area contributed by atoms with Gasteiger partial charge in [0.15, 0.2) is 0 Å². The van der Waals surface area contributed by atoms with Gasteiger partial charge in [0.1, 0.15) is 4.90 Å². The molecule has 0 bridgehead atoms. The predicted octanol–water partition coefficient (Wildman–Crippen LogP) is 2.05. The Hall–Kier alpha value is -1.07. The van der Waals surface area contributed by atoms with Crippen molar-refractivity contribution in [3.63, 3.8) is 0 Å². The number of rotatable bonds is 5. The molecule has 0 aromatic heterocycles. The van der Waals surface area contributed by atoms with Gasteiger partial charge in [0.2, 0.25) is 10.0 Å². The summed E-state index contributed by atoms with van der Waals surface area (Å²) >= 11 is 0. The normalized spacial score (nSPS) is 21.6. The Morgan fingerprint density at radius 2 is 1.94 bits per heavy atom. The molecule has 100 valence electrons. The molecule has 1 atom stereocenters. The molecule has 1 unspecified atom stereocenters. The molecule has 1 aliphatic rings. The fourth-order valence-corrected chi connectivity index (χ4v) is 3.41. The standard InChI is InChI=1S/C13H20N2O2S/c1-13(2)8-10(13)9-15-18(16,17)12-7-5-4-6-11(12)14-3/h4-7,10,14-15H,8-9H2,1-3H3. The Labute approximate surface area is 109 Å². The molecule has 0 spiro atoms. The van der Waals surface area contributed by atoms with Crippen LogP contribution in [0.25, 0.3) is 0 Å². The number of para-hydroxylation sites is 1. The van der Waals surface area contributed by atoms with Gasteiger partial charge in [-0.3, -0.25) is 0 Å². The van der Waals surface area contributed by atoms with Crippen molar-refractivity contribution in [1.82, 2.24) is 4.72 Å². The van der Waals surface area contributed by atoms with Crippen molar-refractivity contribution >= 4 is 15.7 Å². The van der Waals surface area contributed by atoms with Gasteiger partial charge in [0, 0.05) is 13.6 Å². The Kier molecular flexibility index (Phi) is 3.38. The van der Waals surface area contributed by atoms with E-state index < -0.39 is 10.0 Å². The number of hydrogen-bond donors (Lipinski definition) is 2. The lowest BCUT2D eigenvalue weighted by Gasteiger charge is -2.11. The first kappa shape index (κ1) is 13.4. The van der Waals surface area contributed by atoms with Gasteiger partial charge in [-0.1, -0.05) is 26.0 Å². The summed E-state index contributed by atoms with van der Waals surface area (Å²) in [5, 5.41) is 2.90. The van der Waals surface area contributed by atoms with Crippen LogP contribution in [0.15, 0.2) is 29.2 Å². The molecule has 1 saturated carbocycles. The third kappa shape index (κ3) is 2.67. The van der Waals surface area contributed by atoms with Crippen LogP contribution in [0, 0.1) is 11.3 Å². The fourth-order valence-electron chi connectivity index (χ4n) is 2.12. The van der Waals surface area contributed by atoms with E-state index in [0.29, 0.717) is 23.0 Å². The summed E-state index contributed by atoms with van der Waals surface area (Å²) in [6.45, 7) is 4.84. The van der Waals surface area contributed by atoms with Gasteiger partial charge >= 0.3 is 0 Å². The Morgan fingerprint density at radius 1 is 1.33 bits per heavy atom. The Balaban J connectivity index is 2.11. The lowest BCUT2D eigenvalue weighted by molar-refractivity contribution is 0.538. The van der Waals surface area contributed by atoms with E-state index in [1.165, 1.54) is 0 Å². The molecule has 2 N–H and O–H groups in total. The molecule has 0 aliphatic heterocycles. The van der Waals surface area contributed by atoms with Crippen LogP contribution in [0.3, 0.4) is 0 Å². The highest BCUT2D eigenvalue weighted by atomic mass is 32.2. The Bertz CT molecular complexity index is 538. The van der Waals surface area contributed by atoms with E-state index >= 15 is 0 Å². The van der Waals surface area contributed by atoms with Crippen molar-refractivity contribution in [2.24, 2.45) is 11.3 Å². The van der Waals surface area contributed by atoms with Crippen molar-refractivity contribution < 1.29 is 8.42 Å². The molecule has 1 aromatic rings. The first-order chi connectivity index (χ1) is 8.37. The first-order valence-corrected chi connectivity index (χ1v) is 7.61. The van der Waals surface area contributed by atoms with E-state index in [0.717, 1.165) is 6.42 Å². The van der Waals surface area contributed by atoms with E-state index in [1.807, 2.05) is 6.07 Å². The number of nitrogens with one attached hydrogen (secondary N) is 2. The molecule has 18 heavy (non-hydrogen) atoms. The maximum absolute atomic E-state index is 12.2. The molecule has 0 heterocycles. The van der Waals surface area contributed by atoms with Crippen LogP contribution in [0.1, 0.15) is 20.3 Å². The van der Waals surface area contributed by atoms with Crippen LogP contribution >= 0.6 is 0 Å². The van der Waals surface area contributed by atoms with Crippen molar-refractivity contribution in [3.05, 3.63) is 24.3 Å². The van der Waals surface area contributed by atoms with Crippen LogP contribution in [0.4, 0.5) is 5.69 Å². The van der Waals surface area contributed by atoms with Crippen molar-refractivity contribution in [3.8, 4) is 0 Å². The van der Waals surface area contributed by atoms with E-state index in [1.54, 1.807) is 25.2 Å². The van der Waals surface area contributed by atoms with Crippen molar-refractivity contribution in [2.75, 3.05) is 18.9 Å². The van der Waals surface area contributed by atoms with Crippen LogP contribution in [-0.2, 0) is 10.0 Å². The largest absolute Gasteiger partial charge is 0.387 e. The molecule has 0 radical (unpaired) electrons. The van der Waals surface area contributed by atoms with Crippen LogP contribution in [0.2, 0.25) is 0 Å². The van der Waals surface area contributed by atoms with E-state index in [2.05, 4.69) is 23.9 Å². The zero-order valence-electron chi connectivity index (χ0n) is 11.0. The minimum Gasteiger partial charge on any atom is -0.387 e. The van der Waals surface area contributed by atoms with Crippen molar-refractivity contribution in [2.45, 2.75) is 25.2 Å². The second kappa shape index (κ2) is 4.55. The maximum Gasteiger partial charge on any atom is 0.242 e. The molecular formula is C13H20N2O2S. The van der Waals surface area contributed by atoms with Gasteiger partial charge < -0.3 is 5.32 Å². The number of hydrogen-bond acceptors (Lipinski definition) is 3. The quantitative estimate of drug-likeness (QED) is 0.859. The molecule has 0 amide bonds.